The number of carbonyl (C=O) groups is 2. The van der Waals surface area contributed by atoms with Gasteiger partial charge in [-0.15, -0.1) is 0 Å². The second kappa shape index (κ2) is 7.34. The van der Waals surface area contributed by atoms with Crippen molar-refractivity contribution >= 4 is 17.8 Å². The van der Waals surface area contributed by atoms with Crippen molar-refractivity contribution in [2.45, 2.75) is 6.29 Å². The highest BCUT2D eigenvalue weighted by Crippen LogP contribution is 2.28. The van der Waals surface area contributed by atoms with Crippen LogP contribution in [0.5, 0.6) is 0 Å². The summed E-state index contributed by atoms with van der Waals surface area (Å²) in [6.45, 7) is 3.71. The van der Waals surface area contributed by atoms with Crippen LogP contribution >= 0.6 is 0 Å². The number of likely N-dealkylation sites (N-methyl/N-ethyl adjacent to an activating group) is 1. The van der Waals surface area contributed by atoms with E-state index in [9.17, 15) is 9.59 Å². The minimum Gasteiger partial charge on any atom is -0.465 e. The highest BCUT2D eigenvalue weighted by Gasteiger charge is 2.30. The molecule has 1 aromatic rings. The number of pyridine rings is 1. The molecule has 9 heteroatoms. The van der Waals surface area contributed by atoms with E-state index in [0.717, 1.165) is 18.0 Å². The van der Waals surface area contributed by atoms with Gasteiger partial charge in [0.05, 0.1) is 18.8 Å². The van der Waals surface area contributed by atoms with Gasteiger partial charge in [0.15, 0.2) is 0 Å². The Kier molecular flexibility index (Phi) is 5.16. The van der Waals surface area contributed by atoms with Crippen LogP contribution in [0.3, 0.4) is 0 Å². The van der Waals surface area contributed by atoms with Crippen molar-refractivity contribution in [3.63, 3.8) is 0 Å². The van der Waals surface area contributed by atoms with Crippen molar-refractivity contribution in [2.75, 3.05) is 58.4 Å². The molecule has 25 heavy (non-hydrogen) atoms. The van der Waals surface area contributed by atoms with Crippen LogP contribution in [0.2, 0.25) is 0 Å². The van der Waals surface area contributed by atoms with E-state index in [4.69, 9.17) is 14.6 Å². The first-order valence-corrected chi connectivity index (χ1v) is 8.16. The zero-order valence-electron chi connectivity index (χ0n) is 14.3. The number of piperazine rings is 1. The molecule has 0 aliphatic carbocycles. The summed E-state index contributed by atoms with van der Waals surface area (Å²) in [5, 5.41) is 9.14. The van der Waals surface area contributed by atoms with Crippen LogP contribution in [0.1, 0.15) is 22.3 Å². The van der Waals surface area contributed by atoms with E-state index in [1.54, 1.807) is 11.0 Å². The number of carboxylic acid groups (broad SMARTS) is 1. The fourth-order valence-corrected chi connectivity index (χ4v) is 2.81. The highest BCUT2D eigenvalue weighted by molar-refractivity contribution is 5.96. The lowest BCUT2D eigenvalue weighted by Gasteiger charge is -2.33. The predicted molar refractivity (Wildman–Crippen MR) is 88.7 cm³/mol. The maximum atomic E-state index is 12.9. The Morgan fingerprint density at radius 3 is 2.44 bits per heavy atom. The molecule has 2 fully saturated rings. The monoisotopic (exact) mass is 350 g/mol. The topological polar surface area (TPSA) is 95.4 Å². The van der Waals surface area contributed by atoms with E-state index in [0.29, 0.717) is 37.6 Å². The standard InChI is InChI=1S/C16H22N4O5/c1-18-5-7-20(8-6-18)14(21)11-3-4-12(19(2)16(22)23)17-13(11)15-24-9-10-25-15/h3-4,15H,5-10H2,1-2H3,(H,22,23). The van der Waals surface area contributed by atoms with Crippen molar-refractivity contribution in [1.82, 2.24) is 14.8 Å². The van der Waals surface area contributed by atoms with Gasteiger partial charge >= 0.3 is 6.09 Å². The number of anilines is 1. The van der Waals surface area contributed by atoms with E-state index in [-0.39, 0.29) is 11.7 Å². The Morgan fingerprint density at radius 2 is 1.84 bits per heavy atom. The van der Waals surface area contributed by atoms with E-state index in [2.05, 4.69) is 9.88 Å². The zero-order valence-corrected chi connectivity index (χ0v) is 14.3. The first-order chi connectivity index (χ1) is 12.0. The molecule has 2 aliphatic rings. The highest BCUT2D eigenvalue weighted by atomic mass is 16.7. The van der Waals surface area contributed by atoms with Crippen molar-refractivity contribution < 1.29 is 24.2 Å². The van der Waals surface area contributed by atoms with Gasteiger partial charge < -0.3 is 24.4 Å². The van der Waals surface area contributed by atoms with Crippen molar-refractivity contribution in [3.05, 3.63) is 23.4 Å². The second-order valence-corrected chi connectivity index (χ2v) is 6.11. The molecule has 0 unspecified atom stereocenters. The van der Waals surface area contributed by atoms with Gasteiger partial charge in [-0.05, 0) is 19.2 Å². The number of nitrogens with zero attached hydrogens (tertiary/aromatic N) is 4. The smallest absolute Gasteiger partial charge is 0.412 e. The number of carbonyl (C=O) groups excluding carboxylic acids is 1. The average molecular weight is 350 g/mol. The molecule has 136 valence electrons. The number of amides is 2. The molecule has 2 aliphatic heterocycles. The number of hydrogen-bond donors (Lipinski definition) is 1. The maximum Gasteiger partial charge on any atom is 0.412 e. The molecule has 0 saturated carbocycles. The fourth-order valence-electron chi connectivity index (χ4n) is 2.81. The third kappa shape index (κ3) is 3.73. The molecule has 0 bridgehead atoms. The third-order valence-corrected chi connectivity index (χ3v) is 4.41. The summed E-state index contributed by atoms with van der Waals surface area (Å²) < 4.78 is 11.0. The van der Waals surface area contributed by atoms with Crippen molar-refractivity contribution in [1.29, 1.82) is 0 Å². The van der Waals surface area contributed by atoms with Gasteiger partial charge in [-0.2, -0.15) is 0 Å². The van der Waals surface area contributed by atoms with Crippen molar-refractivity contribution in [3.8, 4) is 0 Å². The minimum atomic E-state index is -1.13. The van der Waals surface area contributed by atoms with Gasteiger partial charge in [0.2, 0.25) is 6.29 Å². The number of aromatic nitrogens is 1. The van der Waals surface area contributed by atoms with Crippen LogP contribution in [0.25, 0.3) is 0 Å². The molecule has 9 nitrogen and oxygen atoms in total. The number of ether oxygens (including phenoxy) is 2. The summed E-state index contributed by atoms with van der Waals surface area (Å²) in [5.41, 5.74) is 0.714. The van der Waals surface area contributed by atoms with Gasteiger partial charge in [-0.1, -0.05) is 0 Å². The lowest BCUT2D eigenvalue weighted by Crippen LogP contribution is -2.47. The Hall–Kier alpha value is -2.23. The first kappa shape index (κ1) is 17.6. The number of rotatable bonds is 3. The SMILES string of the molecule is CN1CCN(C(=O)c2ccc(N(C)C(=O)O)nc2C2OCCO2)CC1. The Morgan fingerprint density at radius 1 is 1.20 bits per heavy atom. The Balaban J connectivity index is 1.91. The van der Waals surface area contributed by atoms with Gasteiger partial charge in [-0.25, -0.2) is 9.78 Å². The van der Waals surface area contributed by atoms with Gasteiger partial charge in [-0.3, -0.25) is 9.69 Å². The third-order valence-electron chi connectivity index (χ3n) is 4.41. The maximum absolute atomic E-state index is 12.9. The van der Waals surface area contributed by atoms with Gasteiger partial charge in [0, 0.05) is 33.2 Å². The molecule has 3 heterocycles. The molecule has 1 aromatic heterocycles. The second-order valence-electron chi connectivity index (χ2n) is 6.11. The molecule has 1 N–H and O–H groups in total. The summed E-state index contributed by atoms with van der Waals surface area (Å²) in [7, 11) is 3.41. The predicted octanol–water partition coefficient (Wildman–Crippen LogP) is 0.629. The first-order valence-electron chi connectivity index (χ1n) is 8.16. The summed E-state index contributed by atoms with van der Waals surface area (Å²) in [4.78, 5) is 33.4. The Bertz CT molecular complexity index is 654. The summed E-state index contributed by atoms with van der Waals surface area (Å²) in [5.74, 6) is 0.0794. The molecule has 0 spiro atoms. The van der Waals surface area contributed by atoms with E-state index >= 15 is 0 Å². The van der Waals surface area contributed by atoms with Crippen LogP contribution in [-0.4, -0.2) is 85.4 Å². The minimum absolute atomic E-state index is 0.140. The summed E-state index contributed by atoms with van der Waals surface area (Å²) in [6.07, 6.45) is -1.89. The van der Waals surface area contributed by atoms with Gasteiger partial charge in [0.25, 0.3) is 5.91 Å². The Labute approximate surface area is 145 Å². The normalized spacial score (nSPS) is 19.2. The molecule has 2 amide bonds. The molecule has 0 radical (unpaired) electrons. The summed E-state index contributed by atoms with van der Waals surface area (Å²) >= 11 is 0. The van der Waals surface area contributed by atoms with E-state index in [1.807, 2.05) is 7.05 Å². The lowest BCUT2D eigenvalue weighted by molar-refractivity contribution is -0.0478. The van der Waals surface area contributed by atoms with Gasteiger partial charge in [0.1, 0.15) is 11.5 Å². The van der Waals surface area contributed by atoms with E-state index in [1.165, 1.54) is 13.1 Å². The molecule has 2 saturated heterocycles. The molecule has 0 aromatic carbocycles. The number of hydrogen-bond acceptors (Lipinski definition) is 6. The molecular formula is C16H22N4O5. The van der Waals surface area contributed by atoms with E-state index < -0.39 is 12.4 Å². The zero-order chi connectivity index (χ0) is 18.0. The van der Waals surface area contributed by atoms with Crippen LogP contribution in [-0.2, 0) is 9.47 Å². The molecule has 3 rings (SSSR count). The van der Waals surface area contributed by atoms with Crippen molar-refractivity contribution in [2.24, 2.45) is 0 Å². The molecular weight excluding hydrogens is 328 g/mol. The average Bonchev–Trinajstić information content (AvgIpc) is 3.15. The van der Waals surface area contributed by atoms with Crippen LogP contribution in [0, 0.1) is 0 Å². The van der Waals surface area contributed by atoms with Crippen LogP contribution in [0.4, 0.5) is 10.6 Å². The lowest BCUT2D eigenvalue weighted by atomic mass is 10.1. The largest absolute Gasteiger partial charge is 0.465 e. The summed E-state index contributed by atoms with van der Waals surface area (Å²) in [6, 6.07) is 3.12. The van der Waals surface area contributed by atoms with Crippen LogP contribution < -0.4 is 4.90 Å². The molecule has 0 atom stereocenters. The van der Waals surface area contributed by atoms with Crippen LogP contribution in [0.15, 0.2) is 12.1 Å². The fraction of sp³-hybridized carbons (Fsp3) is 0.562. The quantitative estimate of drug-likeness (QED) is 0.854.